The lowest BCUT2D eigenvalue weighted by atomic mass is 10.1. The molecule has 0 saturated carbocycles. The number of hydrogen-bond donors (Lipinski definition) is 3. The molecule has 1 aromatic carbocycles. The molecule has 0 spiro atoms. The Bertz CT molecular complexity index is 565. The topological polar surface area (TPSA) is 80.3 Å². The van der Waals surface area contributed by atoms with Gasteiger partial charge in [0.1, 0.15) is 5.76 Å². The van der Waals surface area contributed by atoms with Crippen LogP contribution in [0.1, 0.15) is 23.0 Å². The summed E-state index contributed by atoms with van der Waals surface area (Å²) in [6.45, 7) is 3.20. The second kappa shape index (κ2) is 6.65. The van der Waals surface area contributed by atoms with Crippen molar-refractivity contribution >= 4 is 17.3 Å². The Hall–Kier alpha value is -2.43. The second-order valence-corrected chi connectivity index (χ2v) is 4.42. The number of furan rings is 1. The van der Waals surface area contributed by atoms with E-state index in [1.54, 1.807) is 18.4 Å². The van der Waals surface area contributed by atoms with Crippen molar-refractivity contribution in [3.63, 3.8) is 0 Å². The molecule has 106 valence electrons. The van der Waals surface area contributed by atoms with Gasteiger partial charge in [-0.1, -0.05) is 0 Å². The van der Waals surface area contributed by atoms with Gasteiger partial charge in [-0.05, 0) is 37.3 Å². The number of benzene rings is 1. The molecule has 0 bridgehead atoms. The van der Waals surface area contributed by atoms with Crippen molar-refractivity contribution in [1.82, 2.24) is 5.32 Å². The molecule has 0 aliphatic heterocycles. The predicted molar refractivity (Wildman–Crippen MR) is 79.8 cm³/mol. The lowest BCUT2D eigenvalue weighted by Gasteiger charge is -2.10. The third kappa shape index (κ3) is 3.54. The summed E-state index contributed by atoms with van der Waals surface area (Å²) in [7, 11) is 0. The standard InChI is InChI=1S/C15H19N3O2/c1-2-17-15(19)11-5-6-14(13(16)10-11)18-8-7-12-4-3-9-20-12/h3-6,9-10,18H,2,7-8,16H2,1H3,(H,17,19). The summed E-state index contributed by atoms with van der Waals surface area (Å²) in [6.07, 6.45) is 2.44. The minimum Gasteiger partial charge on any atom is -0.469 e. The number of carbonyl (C=O) groups is 1. The first-order valence-electron chi connectivity index (χ1n) is 6.64. The van der Waals surface area contributed by atoms with Crippen molar-refractivity contribution in [2.75, 3.05) is 24.1 Å². The number of amides is 1. The van der Waals surface area contributed by atoms with Gasteiger partial charge in [0.05, 0.1) is 17.6 Å². The Labute approximate surface area is 118 Å². The van der Waals surface area contributed by atoms with Crippen LogP contribution >= 0.6 is 0 Å². The van der Waals surface area contributed by atoms with E-state index in [-0.39, 0.29) is 5.91 Å². The zero-order valence-corrected chi connectivity index (χ0v) is 11.5. The van der Waals surface area contributed by atoms with E-state index < -0.39 is 0 Å². The van der Waals surface area contributed by atoms with Gasteiger partial charge in [0.2, 0.25) is 0 Å². The molecule has 0 radical (unpaired) electrons. The van der Waals surface area contributed by atoms with E-state index in [0.29, 0.717) is 17.8 Å². The van der Waals surface area contributed by atoms with Gasteiger partial charge in [-0.3, -0.25) is 4.79 Å². The van der Waals surface area contributed by atoms with Gasteiger partial charge in [-0.15, -0.1) is 0 Å². The van der Waals surface area contributed by atoms with Crippen molar-refractivity contribution in [2.24, 2.45) is 0 Å². The smallest absolute Gasteiger partial charge is 0.251 e. The molecule has 0 fully saturated rings. The van der Waals surface area contributed by atoms with E-state index in [0.717, 1.165) is 24.4 Å². The summed E-state index contributed by atoms with van der Waals surface area (Å²) in [5.41, 5.74) is 7.91. The van der Waals surface area contributed by atoms with Crippen LogP contribution in [0.25, 0.3) is 0 Å². The number of nitrogen functional groups attached to an aromatic ring is 1. The first kappa shape index (κ1) is 14.0. The molecule has 5 heteroatoms. The van der Waals surface area contributed by atoms with Crippen LogP contribution in [0.2, 0.25) is 0 Å². The number of rotatable bonds is 6. The molecule has 0 aliphatic rings. The number of nitrogens with two attached hydrogens (primary N) is 1. The SMILES string of the molecule is CCNC(=O)c1ccc(NCCc2ccco2)c(N)c1. The highest BCUT2D eigenvalue weighted by Gasteiger charge is 2.07. The molecule has 1 aromatic heterocycles. The molecular weight excluding hydrogens is 254 g/mol. The minimum atomic E-state index is -0.110. The summed E-state index contributed by atoms with van der Waals surface area (Å²) in [5.74, 6) is 0.816. The number of carbonyl (C=O) groups excluding carboxylic acids is 1. The largest absolute Gasteiger partial charge is 0.469 e. The van der Waals surface area contributed by atoms with Crippen LogP contribution in [-0.2, 0) is 6.42 Å². The Morgan fingerprint density at radius 1 is 1.35 bits per heavy atom. The quantitative estimate of drug-likeness (QED) is 0.705. The van der Waals surface area contributed by atoms with E-state index in [1.165, 1.54) is 0 Å². The fourth-order valence-corrected chi connectivity index (χ4v) is 1.90. The molecule has 2 aromatic rings. The van der Waals surface area contributed by atoms with Crippen LogP contribution in [0.3, 0.4) is 0 Å². The van der Waals surface area contributed by atoms with Crippen molar-refractivity contribution < 1.29 is 9.21 Å². The maximum Gasteiger partial charge on any atom is 0.251 e. The average molecular weight is 273 g/mol. The molecule has 0 atom stereocenters. The molecule has 2 rings (SSSR count). The molecule has 0 unspecified atom stereocenters. The minimum absolute atomic E-state index is 0.110. The van der Waals surface area contributed by atoms with E-state index in [2.05, 4.69) is 10.6 Å². The molecule has 1 amide bonds. The summed E-state index contributed by atoms with van der Waals surface area (Å²) in [6, 6.07) is 9.06. The van der Waals surface area contributed by atoms with Crippen molar-refractivity contribution in [1.29, 1.82) is 0 Å². The number of nitrogens with one attached hydrogen (secondary N) is 2. The Morgan fingerprint density at radius 3 is 2.85 bits per heavy atom. The monoisotopic (exact) mass is 273 g/mol. The normalized spacial score (nSPS) is 10.2. The van der Waals surface area contributed by atoms with Crippen LogP contribution in [0.15, 0.2) is 41.0 Å². The van der Waals surface area contributed by atoms with E-state index in [1.807, 2.05) is 25.1 Å². The van der Waals surface area contributed by atoms with Crippen LogP contribution in [0, 0.1) is 0 Å². The first-order chi connectivity index (χ1) is 9.70. The van der Waals surface area contributed by atoms with E-state index >= 15 is 0 Å². The summed E-state index contributed by atoms with van der Waals surface area (Å²) in [5, 5.41) is 5.98. The fourth-order valence-electron chi connectivity index (χ4n) is 1.90. The molecule has 0 saturated heterocycles. The zero-order chi connectivity index (χ0) is 14.4. The van der Waals surface area contributed by atoms with E-state index in [9.17, 15) is 4.79 Å². The highest BCUT2D eigenvalue weighted by atomic mass is 16.3. The summed E-state index contributed by atoms with van der Waals surface area (Å²) >= 11 is 0. The van der Waals surface area contributed by atoms with Crippen LogP contribution in [0.5, 0.6) is 0 Å². The molecular formula is C15H19N3O2. The molecule has 1 heterocycles. The maximum absolute atomic E-state index is 11.7. The van der Waals surface area contributed by atoms with E-state index in [4.69, 9.17) is 10.2 Å². The van der Waals surface area contributed by atoms with Crippen molar-refractivity contribution in [2.45, 2.75) is 13.3 Å². The molecule has 20 heavy (non-hydrogen) atoms. The van der Waals surface area contributed by atoms with Crippen LogP contribution < -0.4 is 16.4 Å². The molecule has 5 nitrogen and oxygen atoms in total. The zero-order valence-electron chi connectivity index (χ0n) is 11.5. The molecule has 0 aliphatic carbocycles. The number of anilines is 2. The van der Waals surface area contributed by atoms with Gasteiger partial charge in [-0.25, -0.2) is 0 Å². The number of hydrogen-bond acceptors (Lipinski definition) is 4. The van der Waals surface area contributed by atoms with Gasteiger partial charge < -0.3 is 20.8 Å². The van der Waals surface area contributed by atoms with Gasteiger partial charge >= 0.3 is 0 Å². The molecule has 4 N–H and O–H groups in total. The Morgan fingerprint density at radius 2 is 2.20 bits per heavy atom. The van der Waals surface area contributed by atoms with Gasteiger partial charge in [0, 0.05) is 25.1 Å². The Balaban J connectivity index is 1.93. The lowest BCUT2D eigenvalue weighted by Crippen LogP contribution is -2.22. The van der Waals surface area contributed by atoms with Gasteiger partial charge in [0.15, 0.2) is 0 Å². The average Bonchev–Trinajstić information content (AvgIpc) is 2.94. The third-order valence-electron chi connectivity index (χ3n) is 2.92. The van der Waals surface area contributed by atoms with Crippen LogP contribution in [-0.4, -0.2) is 19.0 Å². The highest BCUT2D eigenvalue weighted by molar-refractivity contribution is 5.96. The fraction of sp³-hybridized carbons (Fsp3) is 0.267. The summed E-state index contributed by atoms with van der Waals surface area (Å²) < 4.78 is 5.25. The summed E-state index contributed by atoms with van der Waals surface area (Å²) in [4.78, 5) is 11.7. The first-order valence-corrected chi connectivity index (χ1v) is 6.64. The van der Waals surface area contributed by atoms with Crippen molar-refractivity contribution in [3.05, 3.63) is 47.9 Å². The third-order valence-corrected chi connectivity index (χ3v) is 2.92. The van der Waals surface area contributed by atoms with Crippen LogP contribution in [0.4, 0.5) is 11.4 Å². The second-order valence-electron chi connectivity index (χ2n) is 4.42. The van der Waals surface area contributed by atoms with Gasteiger partial charge in [-0.2, -0.15) is 0 Å². The maximum atomic E-state index is 11.7. The van der Waals surface area contributed by atoms with Gasteiger partial charge in [0.25, 0.3) is 5.91 Å². The van der Waals surface area contributed by atoms with Crippen molar-refractivity contribution in [3.8, 4) is 0 Å². The predicted octanol–water partition coefficient (Wildman–Crippen LogP) is 2.27. The Kier molecular flexibility index (Phi) is 4.65. The lowest BCUT2D eigenvalue weighted by molar-refractivity contribution is 0.0956. The highest BCUT2D eigenvalue weighted by Crippen LogP contribution is 2.20.